The molecule has 7 rings (SSSR count). The zero-order valence-electron chi connectivity index (χ0n) is 36.6. The first-order chi connectivity index (χ1) is 31.5. The molecule has 0 aliphatic carbocycles. The third-order valence-corrected chi connectivity index (χ3v) is 10.2. The van der Waals surface area contributed by atoms with Crippen LogP contribution in [0.15, 0.2) is 48.7 Å². The number of fused-ring (bicyclic) bond motifs is 2. The molecule has 1 saturated heterocycles. The Labute approximate surface area is 375 Å². The molecule has 0 radical (unpaired) electrons. The summed E-state index contributed by atoms with van der Waals surface area (Å²) in [5.74, 6) is -3.32. The van der Waals surface area contributed by atoms with Crippen LogP contribution in [0, 0.1) is 13.8 Å². The third kappa shape index (κ3) is 11.5. The first-order valence-corrected chi connectivity index (χ1v) is 20.9. The van der Waals surface area contributed by atoms with E-state index in [2.05, 4.69) is 35.7 Å². The number of aryl methyl sites for hydroxylation is 4. The number of aromatic nitrogens is 9. The highest BCUT2D eigenvalue weighted by molar-refractivity contribution is 6.04. The minimum Gasteiger partial charge on any atom is -0.491 e. The molecule has 66 heavy (non-hydrogen) atoms. The number of ether oxygens (including phenoxy) is 2. The molecular weight excluding hydrogens is 872 g/mol. The normalized spacial score (nSPS) is 13.3. The lowest BCUT2D eigenvalue weighted by molar-refractivity contribution is -0.192. The van der Waals surface area contributed by atoms with E-state index >= 15 is 0 Å². The fraction of sp³-hybridized carbons (Fsp3) is 0.405. The second-order valence-electron chi connectivity index (χ2n) is 15.0. The number of allylic oxidation sites excluding steroid dienone is 2. The standard InChI is InChI=1S/C40H49N13O6.C2HF3O2/c1-5-52-31(18-25(3)47-52)37(56)45-39-43-29-21-28(35(41)55)22-33(59-15-9-10-49-13-16-58-17-14-49)34(29)50(39)11-7-8-12-51-36-30(20-27(24-54)23-42-36)44-40(51)46-38(57)32-19-26(4)48-53(32)6-2;3-2(4,5)1(6)7/h7-8,18-23,54H,5-6,9-17,24H2,1-4H3,(H2,41,55)(H,43,45,56)(H,44,46,57);(H,6,7)/b8-7+;. The Morgan fingerprint density at radius 1 is 0.864 bits per heavy atom. The van der Waals surface area contributed by atoms with Crippen molar-refractivity contribution < 1.29 is 52.0 Å². The second-order valence-corrected chi connectivity index (χ2v) is 15.0. The fourth-order valence-corrected chi connectivity index (χ4v) is 7.09. The van der Waals surface area contributed by atoms with Gasteiger partial charge in [0.15, 0.2) is 5.65 Å². The molecule has 1 aromatic carbocycles. The number of halogens is 3. The number of nitrogens with one attached hydrogen (secondary N) is 2. The number of aliphatic carboxylic acids is 1. The predicted octanol–water partition coefficient (Wildman–Crippen LogP) is 3.92. The van der Waals surface area contributed by atoms with Gasteiger partial charge in [-0.05, 0) is 70.0 Å². The average molecular weight is 922 g/mol. The number of imidazole rings is 2. The molecule has 0 unspecified atom stereocenters. The number of pyridine rings is 1. The van der Waals surface area contributed by atoms with Crippen LogP contribution in [0.25, 0.3) is 22.2 Å². The van der Waals surface area contributed by atoms with E-state index in [0.717, 1.165) is 26.1 Å². The van der Waals surface area contributed by atoms with Gasteiger partial charge >= 0.3 is 12.1 Å². The number of aliphatic hydroxyl groups is 1. The molecule has 5 aromatic heterocycles. The SMILES string of the molecule is CCn1nc(C)cc1C(=O)Nc1nc2cc(CO)cnc2n1C/C=C/Cn1c(NC(=O)c2cc(C)nn2CC)nc2cc(C(N)=O)cc(OCCCN3CCOCC3)c21.O=C(O)C(F)(F)F. The van der Waals surface area contributed by atoms with E-state index in [1.807, 2.05) is 39.8 Å². The molecule has 352 valence electrons. The summed E-state index contributed by atoms with van der Waals surface area (Å²) in [6.07, 6.45) is 0.974. The number of carbonyl (C=O) groups is 4. The zero-order chi connectivity index (χ0) is 47.7. The van der Waals surface area contributed by atoms with Crippen molar-refractivity contribution >= 4 is 57.8 Å². The molecule has 0 spiro atoms. The fourth-order valence-electron chi connectivity index (χ4n) is 7.09. The summed E-state index contributed by atoms with van der Waals surface area (Å²) < 4.78 is 50.4. The van der Waals surface area contributed by atoms with Crippen LogP contribution >= 0.6 is 0 Å². The maximum atomic E-state index is 13.7. The van der Waals surface area contributed by atoms with E-state index in [-0.39, 0.29) is 43.1 Å². The lowest BCUT2D eigenvalue weighted by Gasteiger charge is -2.26. The van der Waals surface area contributed by atoms with Gasteiger partial charge in [-0.1, -0.05) is 12.2 Å². The molecule has 1 aliphatic rings. The molecule has 21 nitrogen and oxygen atoms in total. The molecule has 24 heteroatoms. The van der Waals surface area contributed by atoms with Crippen LogP contribution in [-0.2, 0) is 42.3 Å². The molecule has 0 bridgehead atoms. The first kappa shape index (κ1) is 48.3. The van der Waals surface area contributed by atoms with Crippen molar-refractivity contribution in [1.82, 2.24) is 48.5 Å². The number of nitrogens with two attached hydrogens (primary N) is 1. The molecule has 0 saturated carbocycles. The van der Waals surface area contributed by atoms with Crippen molar-refractivity contribution in [2.45, 2.75) is 73.1 Å². The number of anilines is 2. The molecule has 6 aromatic rings. The van der Waals surface area contributed by atoms with Gasteiger partial charge in [0.2, 0.25) is 17.8 Å². The quantitative estimate of drug-likeness (QED) is 0.0642. The van der Waals surface area contributed by atoms with Gasteiger partial charge in [-0.15, -0.1) is 0 Å². The zero-order valence-corrected chi connectivity index (χ0v) is 36.6. The van der Waals surface area contributed by atoms with Gasteiger partial charge in [0.05, 0.1) is 43.3 Å². The van der Waals surface area contributed by atoms with E-state index in [4.69, 9.17) is 30.1 Å². The van der Waals surface area contributed by atoms with Crippen LogP contribution in [0.4, 0.5) is 25.1 Å². The van der Waals surface area contributed by atoms with Crippen LogP contribution in [0.5, 0.6) is 5.75 Å². The number of morpholine rings is 1. The Kier molecular flexibility index (Phi) is 15.5. The maximum absolute atomic E-state index is 13.7. The molecular formula is C42H50F3N13O8. The highest BCUT2D eigenvalue weighted by Crippen LogP contribution is 2.32. The summed E-state index contributed by atoms with van der Waals surface area (Å²) in [5, 5.41) is 31.6. The average Bonchev–Trinajstić information content (AvgIpc) is 4.05. The number of primary amides is 1. The summed E-state index contributed by atoms with van der Waals surface area (Å²) >= 11 is 0. The first-order valence-electron chi connectivity index (χ1n) is 20.9. The minimum absolute atomic E-state index is 0.212. The lowest BCUT2D eigenvalue weighted by Crippen LogP contribution is -2.37. The number of carbonyl (C=O) groups excluding carboxylic acids is 3. The number of hydrogen-bond donors (Lipinski definition) is 5. The van der Waals surface area contributed by atoms with E-state index in [9.17, 15) is 32.7 Å². The monoisotopic (exact) mass is 921 g/mol. The van der Waals surface area contributed by atoms with Crippen LogP contribution in [0.3, 0.4) is 0 Å². The van der Waals surface area contributed by atoms with Crippen molar-refractivity contribution in [2.24, 2.45) is 5.73 Å². The molecule has 1 fully saturated rings. The molecule has 6 N–H and O–H groups in total. The number of carboxylic acid groups (broad SMARTS) is 1. The van der Waals surface area contributed by atoms with Crippen molar-refractivity contribution in [1.29, 1.82) is 0 Å². The van der Waals surface area contributed by atoms with Gasteiger partial charge in [-0.3, -0.25) is 43.8 Å². The van der Waals surface area contributed by atoms with E-state index < -0.39 is 24.0 Å². The molecule has 3 amide bonds. The Balaban J connectivity index is 0.000000952. The van der Waals surface area contributed by atoms with Crippen molar-refractivity contribution in [3.05, 3.63) is 82.6 Å². The van der Waals surface area contributed by atoms with E-state index in [1.54, 1.807) is 55.0 Å². The summed E-state index contributed by atoms with van der Waals surface area (Å²) in [6.45, 7) is 13.0. The number of hydrogen-bond acceptors (Lipinski definition) is 13. The smallest absolute Gasteiger partial charge is 0.490 e. The Morgan fingerprint density at radius 2 is 1.42 bits per heavy atom. The second kappa shape index (κ2) is 21.2. The largest absolute Gasteiger partial charge is 0.491 e. The van der Waals surface area contributed by atoms with Crippen molar-refractivity contribution in [3.63, 3.8) is 0 Å². The van der Waals surface area contributed by atoms with Gasteiger partial charge in [-0.25, -0.2) is 19.7 Å². The summed E-state index contributed by atoms with van der Waals surface area (Å²) in [6, 6.07) is 8.33. The van der Waals surface area contributed by atoms with Crippen molar-refractivity contribution in [2.75, 3.05) is 50.1 Å². The highest BCUT2D eigenvalue weighted by atomic mass is 19.4. The number of aliphatic hydroxyl groups excluding tert-OH is 1. The predicted molar refractivity (Wildman–Crippen MR) is 233 cm³/mol. The van der Waals surface area contributed by atoms with Crippen LogP contribution in [0.1, 0.15) is 68.6 Å². The van der Waals surface area contributed by atoms with E-state index in [0.29, 0.717) is 89.2 Å². The molecule has 1 aliphatic heterocycles. The molecule has 6 heterocycles. The maximum Gasteiger partial charge on any atom is 0.490 e. The number of benzene rings is 1. The van der Waals surface area contributed by atoms with Gasteiger partial charge < -0.3 is 30.0 Å². The summed E-state index contributed by atoms with van der Waals surface area (Å²) in [4.78, 5) is 65.0. The summed E-state index contributed by atoms with van der Waals surface area (Å²) in [5.41, 5.74) is 10.7. The Bertz CT molecular complexity index is 2750. The highest BCUT2D eigenvalue weighted by Gasteiger charge is 2.38. The summed E-state index contributed by atoms with van der Waals surface area (Å²) in [7, 11) is 0. The van der Waals surface area contributed by atoms with Gasteiger partial charge in [0.25, 0.3) is 11.8 Å². The number of rotatable bonds is 17. The van der Waals surface area contributed by atoms with Crippen LogP contribution < -0.4 is 21.1 Å². The van der Waals surface area contributed by atoms with Gasteiger partial charge in [0, 0.05) is 57.6 Å². The van der Waals surface area contributed by atoms with Crippen molar-refractivity contribution in [3.8, 4) is 5.75 Å². The lowest BCUT2D eigenvalue weighted by atomic mass is 10.1. The number of nitrogens with zero attached hydrogens (tertiary/aromatic N) is 10. The van der Waals surface area contributed by atoms with Crippen LogP contribution in [-0.4, -0.2) is 128 Å². The molecule has 0 atom stereocenters. The van der Waals surface area contributed by atoms with E-state index in [1.165, 1.54) is 0 Å². The Hall–Kier alpha value is -7.18. The number of alkyl halides is 3. The minimum atomic E-state index is -5.08. The third-order valence-electron chi connectivity index (χ3n) is 10.2. The Morgan fingerprint density at radius 3 is 1.97 bits per heavy atom. The van der Waals surface area contributed by atoms with Gasteiger partial charge in [0.1, 0.15) is 28.2 Å². The topological polar surface area (TPSA) is 265 Å². The van der Waals surface area contributed by atoms with Crippen LogP contribution in [0.2, 0.25) is 0 Å². The van der Waals surface area contributed by atoms with Gasteiger partial charge in [-0.2, -0.15) is 23.4 Å². The number of amides is 3. The number of carboxylic acids is 1.